The quantitative estimate of drug-likeness (QED) is 0.822. The summed E-state index contributed by atoms with van der Waals surface area (Å²) in [7, 11) is 1.31. The summed E-state index contributed by atoms with van der Waals surface area (Å²) in [4.78, 5) is 21.7. The summed E-state index contributed by atoms with van der Waals surface area (Å²) in [6, 6.07) is 0.0841. The first-order valence-corrected chi connectivity index (χ1v) is 6.54. The Kier molecular flexibility index (Phi) is 4.68. The highest BCUT2D eigenvalue weighted by Gasteiger charge is 2.22. The van der Waals surface area contributed by atoms with Gasteiger partial charge in [-0.2, -0.15) is 0 Å². The first-order valence-electron chi connectivity index (χ1n) is 6.54. The maximum atomic E-state index is 11.3. The van der Waals surface area contributed by atoms with Crippen molar-refractivity contribution in [1.82, 2.24) is 9.97 Å². The number of aliphatic hydroxyl groups excluding tert-OH is 1. The van der Waals surface area contributed by atoms with Gasteiger partial charge in [0.15, 0.2) is 5.69 Å². The molecule has 104 valence electrons. The Morgan fingerprint density at radius 3 is 2.89 bits per heavy atom. The fraction of sp³-hybridized carbons (Fsp3) is 0.615. The number of hydrogen-bond acceptors (Lipinski definition) is 6. The van der Waals surface area contributed by atoms with Crippen molar-refractivity contribution in [3.8, 4) is 0 Å². The van der Waals surface area contributed by atoms with Crippen molar-refractivity contribution in [3.63, 3.8) is 0 Å². The van der Waals surface area contributed by atoms with Crippen LogP contribution >= 0.6 is 0 Å². The molecule has 1 atom stereocenters. The van der Waals surface area contributed by atoms with Gasteiger partial charge in [0.2, 0.25) is 0 Å². The predicted molar refractivity (Wildman–Crippen MR) is 70.1 cm³/mol. The first kappa shape index (κ1) is 13.7. The van der Waals surface area contributed by atoms with E-state index in [1.807, 2.05) is 0 Å². The summed E-state index contributed by atoms with van der Waals surface area (Å²) in [6.45, 7) is 0.970. The molecule has 2 rings (SSSR count). The lowest BCUT2D eigenvalue weighted by Crippen LogP contribution is -2.38. The Balaban J connectivity index is 2.17. The summed E-state index contributed by atoms with van der Waals surface area (Å²) >= 11 is 0. The van der Waals surface area contributed by atoms with Crippen molar-refractivity contribution >= 4 is 11.8 Å². The lowest BCUT2D eigenvalue weighted by Gasteiger charge is -2.29. The smallest absolute Gasteiger partial charge is 0.358 e. The molecule has 0 spiro atoms. The Morgan fingerprint density at radius 1 is 1.42 bits per heavy atom. The molecule has 1 aliphatic rings. The molecule has 1 N–H and O–H groups in total. The zero-order valence-electron chi connectivity index (χ0n) is 11.1. The van der Waals surface area contributed by atoms with E-state index in [4.69, 9.17) is 0 Å². The third-order valence-corrected chi connectivity index (χ3v) is 3.41. The van der Waals surface area contributed by atoms with Crippen molar-refractivity contribution in [2.24, 2.45) is 0 Å². The maximum absolute atomic E-state index is 11.3. The van der Waals surface area contributed by atoms with E-state index < -0.39 is 5.97 Å². The van der Waals surface area contributed by atoms with Gasteiger partial charge in [-0.25, -0.2) is 14.8 Å². The molecule has 6 nitrogen and oxygen atoms in total. The second-order valence-corrected chi connectivity index (χ2v) is 4.63. The zero-order valence-corrected chi connectivity index (χ0v) is 11.1. The van der Waals surface area contributed by atoms with E-state index >= 15 is 0 Å². The van der Waals surface area contributed by atoms with E-state index in [0.717, 1.165) is 25.8 Å². The predicted octanol–water partition coefficient (Wildman–Crippen LogP) is 1.00. The van der Waals surface area contributed by atoms with Crippen molar-refractivity contribution in [2.45, 2.75) is 31.7 Å². The molecular formula is C13H19N3O3. The second-order valence-electron chi connectivity index (χ2n) is 4.63. The van der Waals surface area contributed by atoms with Crippen molar-refractivity contribution in [3.05, 3.63) is 18.1 Å². The monoisotopic (exact) mass is 265 g/mol. The van der Waals surface area contributed by atoms with Crippen LogP contribution < -0.4 is 4.90 Å². The Morgan fingerprint density at radius 2 is 2.26 bits per heavy atom. The van der Waals surface area contributed by atoms with E-state index in [1.165, 1.54) is 19.7 Å². The molecule has 1 saturated heterocycles. The highest BCUT2D eigenvalue weighted by Crippen LogP contribution is 2.21. The number of nitrogens with zero attached hydrogens (tertiary/aromatic N) is 3. The normalized spacial score (nSPS) is 19.9. The van der Waals surface area contributed by atoms with E-state index in [0.29, 0.717) is 5.82 Å². The van der Waals surface area contributed by atoms with Crippen LogP contribution in [0.25, 0.3) is 0 Å². The fourth-order valence-corrected chi connectivity index (χ4v) is 2.35. The van der Waals surface area contributed by atoms with Crippen LogP contribution in [0.5, 0.6) is 0 Å². The first-order chi connectivity index (χ1) is 9.26. The molecule has 1 fully saturated rings. The number of carbonyl (C=O) groups is 1. The molecular weight excluding hydrogens is 246 g/mol. The number of hydrogen-bond donors (Lipinski definition) is 1. The van der Waals surface area contributed by atoms with Gasteiger partial charge in [-0.05, 0) is 12.8 Å². The van der Waals surface area contributed by atoms with Crippen molar-refractivity contribution < 1.29 is 14.6 Å². The molecule has 2 heterocycles. The molecule has 0 radical (unpaired) electrons. The number of aromatic nitrogens is 2. The van der Waals surface area contributed by atoms with Crippen LogP contribution in [-0.2, 0) is 4.74 Å². The Hall–Kier alpha value is -1.69. The molecule has 0 bridgehead atoms. The van der Waals surface area contributed by atoms with Gasteiger partial charge in [-0.1, -0.05) is 12.8 Å². The lowest BCUT2D eigenvalue weighted by atomic mass is 10.1. The van der Waals surface area contributed by atoms with E-state index in [9.17, 15) is 9.90 Å². The average Bonchev–Trinajstić information content (AvgIpc) is 2.71. The molecule has 0 saturated carbocycles. The largest absolute Gasteiger partial charge is 0.464 e. The molecule has 1 unspecified atom stereocenters. The molecule has 0 aliphatic carbocycles. The third-order valence-electron chi connectivity index (χ3n) is 3.41. The standard InChI is InChI=1S/C13H19N3O3/c1-19-13(18)11-7-15-12(8-14-11)16-6-4-2-3-5-10(16)9-17/h7-8,10,17H,2-6,9H2,1H3. The number of rotatable bonds is 3. The number of ether oxygens (including phenoxy) is 1. The van der Waals surface area contributed by atoms with E-state index in [-0.39, 0.29) is 18.3 Å². The van der Waals surface area contributed by atoms with Gasteiger partial charge in [-0.15, -0.1) is 0 Å². The van der Waals surface area contributed by atoms with Gasteiger partial charge in [-0.3, -0.25) is 0 Å². The molecule has 0 aromatic carbocycles. The number of carbonyl (C=O) groups excluding carboxylic acids is 1. The minimum Gasteiger partial charge on any atom is -0.464 e. The lowest BCUT2D eigenvalue weighted by molar-refractivity contribution is 0.0593. The topological polar surface area (TPSA) is 75.5 Å². The minimum atomic E-state index is -0.492. The molecule has 0 amide bonds. The second kappa shape index (κ2) is 6.47. The number of esters is 1. The van der Waals surface area contributed by atoms with Crippen LogP contribution in [0, 0.1) is 0 Å². The highest BCUT2D eigenvalue weighted by atomic mass is 16.5. The Bertz CT molecular complexity index is 422. The minimum absolute atomic E-state index is 0.0841. The summed E-state index contributed by atoms with van der Waals surface area (Å²) in [6.07, 6.45) is 7.31. The van der Waals surface area contributed by atoms with Crippen LogP contribution in [0.4, 0.5) is 5.82 Å². The van der Waals surface area contributed by atoms with Crippen LogP contribution in [-0.4, -0.2) is 47.3 Å². The van der Waals surface area contributed by atoms with Gasteiger partial charge >= 0.3 is 5.97 Å². The number of methoxy groups -OCH3 is 1. The molecule has 1 aliphatic heterocycles. The zero-order chi connectivity index (χ0) is 13.7. The average molecular weight is 265 g/mol. The van der Waals surface area contributed by atoms with Gasteiger partial charge in [0, 0.05) is 6.54 Å². The SMILES string of the molecule is COC(=O)c1cnc(N2CCCCCC2CO)cn1. The Labute approximate surface area is 112 Å². The van der Waals surface area contributed by atoms with Crippen molar-refractivity contribution in [1.29, 1.82) is 0 Å². The summed E-state index contributed by atoms with van der Waals surface area (Å²) in [5.74, 6) is 0.210. The van der Waals surface area contributed by atoms with E-state index in [2.05, 4.69) is 19.6 Å². The van der Waals surface area contributed by atoms with Crippen molar-refractivity contribution in [2.75, 3.05) is 25.2 Å². The molecule has 1 aromatic heterocycles. The number of anilines is 1. The van der Waals surface area contributed by atoms with Gasteiger partial charge in [0.1, 0.15) is 5.82 Å². The molecule has 19 heavy (non-hydrogen) atoms. The van der Waals surface area contributed by atoms with Crippen LogP contribution in [0.15, 0.2) is 12.4 Å². The molecule has 6 heteroatoms. The van der Waals surface area contributed by atoms with Gasteiger partial charge < -0.3 is 14.7 Å². The maximum Gasteiger partial charge on any atom is 0.358 e. The summed E-state index contributed by atoms with van der Waals surface area (Å²) < 4.78 is 4.59. The summed E-state index contributed by atoms with van der Waals surface area (Å²) in [5, 5.41) is 9.46. The van der Waals surface area contributed by atoms with E-state index in [1.54, 1.807) is 6.20 Å². The highest BCUT2D eigenvalue weighted by molar-refractivity contribution is 5.86. The van der Waals surface area contributed by atoms with Gasteiger partial charge in [0.05, 0.1) is 32.2 Å². The fourth-order valence-electron chi connectivity index (χ4n) is 2.35. The van der Waals surface area contributed by atoms with Crippen LogP contribution in [0.1, 0.15) is 36.2 Å². The third kappa shape index (κ3) is 3.20. The van der Waals surface area contributed by atoms with Crippen LogP contribution in [0.2, 0.25) is 0 Å². The van der Waals surface area contributed by atoms with Gasteiger partial charge in [0.25, 0.3) is 0 Å². The molecule has 1 aromatic rings. The van der Waals surface area contributed by atoms with Crippen LogP contribution in [0.3, 0.4) is 0 Å². The summed E-state index contributed by atoms with van der Waals surface area (Å²) in [5.41, 5.74) is 0.196. The number of aliphatic hydroxyl groups is 1.